The first-order chi connectivity index (χ1) is 8.33. The summed E-state index contributed by atoms with van der Waals surface area (Å²) in [6.45, 7) is 0.892. The minimum atomic E-state index is -4.31. The minimum absolute atomic E-state index is 0.0144. The van der Waals surface area contributed by atoms with Crippen molar-refractivity contribution in [3.8, 4) is 0 Å². The number of halogens is 3. The van der Waals surface area contributed by atoms with Crippen LogP contribution in [0, 0.1) is 0 Å². The van der Waals surface area contributed by atoms with E-state index in [1.165, 1.54) is 12.3 Å². The highest BCUT2D eigenvalue weighted by molar-refractivity contribution is 7.80. The molecule has 0 aliphatic carbocycles. The van der Waals surface area contributed by atoms with Crippen LogP contribution in [0.4, 0.5) is 19.1 Å². The van der Waals surface area contributed by atoms with E-state index in [1.54, 1.807) is 6.92 Å². The van der Waals surface area contributed by atoms with Gasteiger partial charge in [-0.25, -0.2) is 9.97 Å². The number of thiocarbonyl (C=S) groups is 1. The Balaban J connectivity index is 2.98. The van der Waals surface area contributed by atoms with Gasteiger partial charge in [-0.2, -0.15) is 13.2 Å². The number of hydrogen-bond donors (Lipinski definition) is 1. The number of alkyl halides is 3. The second-order valence-electron chi connectivity index (χ2n) is 3.64. The van der Waals surface area contributed by atoms with E-state index < -0.39 is 12.7 Å². The zero-order valence-electron chi connectivity index (χ0n) is 9.74. The lowest BCUT2D eigenvalue weighted by atomic mass is 10.4. The fourth-order valence-corrected chi connectivity index (χ4v) is 1.49. The third-order valence-electron chi connectivity index (χ3n) is 2.04. The second-order valence-corrected chi connectivity index (χ2v) is 4.08. The van der Waals surface area contributed by atoms with E-state index in [2.05, 4.69) is 9.97 Å². The van der Waals surface area contributed by atoms with Crippen LogP contribution in [0.1, 0.15) is 19.0 Å². The van der Waals surface area contributed by atoms with Gasteiger partial charge < -0.3 is 10.6 Å². The molecule has 0 unspecified atom stereocenters. The van der Waals surface area contributed by atoms with E-state index in [0.717, 1.165) is 4.90 Å². The van der Waals surface area contributed by atoms with Gasteiger partial charge in [0.15, 0.2) is 0 Å². The van der Waals surface area contributed by atoms with Gasteiger partial charge in [0, 0.05) is 12.7 Å². The summed E-state index contributed by atoms with van der Waals surface area (Å²) in [5.74, 6) is -0.0144. The van der Waals surface area contributed by atoms with Crippen molar-refractivity contribution in [2.24, 2.45) is 5.73 Å². The smallest absolute Gasteiger partial charge is 0.388 e. The maximum absolute atomic E-state index is 12.4. The van der Waals surface area contributed by atoms with E-state index in [0.29, 0.717) is 6.42 Å². The summed E-state index contributed by atoms with van der Waals surface area (Å²) >= 11 is 4.73. The molecule has 0 amide bonds. The molecule has 4 nitrogen and oxygen atoms in total. The first kappa shape index (κ1) is 14.6. The SMILES string of the molecule is CCCN(CC(F)(F)F)c1nccc(C(N)=S)n1. The molecule has 0 saturated heterocycles. The number of nitrogens with two attached hydrogens (primary N) is 1. The zero-order valence-corrected chi connectivity index (χ0v) is 10.6. The van der Waals surface area contributed by atoms with Crippen molar-refractivity contribution in [2.45, 2.75) is 19.5 Å². The number of aromatic nitrogens is 2. The van der Waals surface area contributed by atoms with E-state index in [4.69, 9.17) is 18.0 Å². The molecule has 1 aromatic heterocycles. The van der Waals surface area contributed by atoms with Crippen molar-refractivity contribution in [1.29, 1.82) is 0 Å². The third kappa shape index (κ3) is 4.44. The highest BCUT2D eigenvalue weighted by Crippen LogP contribution is 2.19. The van der Waals surface area contributed by atoms with Gasteiger partial charge in [0.05, 0.1) is 0 Å². The zero-order chi connectivity index (χ0) is 13.8. The molecule has 0 bridgehead atoms. The molecule has 100 valence electrons. The Kier molecular flexibility index (Phi) is 4.83. The fraction of sp³-hybridized carbons (Fsp3) is 0.500. The maximum Gasteiger partial charge on any atom is 0.406 e. The third-order valence-corrected chi connectivity index (χ3v) is 2.25. The highest BCUT2D eigenvalue weighted by atomic mass is 32.1. The lowest BCUT2D eigenvalue weighted by Gasteiger charge is -2.23. The molecule has 0 fully saturated rings. The molecule has 2 N–H and O–H groups in total. The number of anilines is 1. The van der Waals surface area contributed by atoms with Gasteiger partial charge in [-0.05, 0) is 12.5 Å². The summed E-state index contributed by atoms with van der Waals surface area (Å²) in [7, 11) is 0. The molecular weight excluding hydrogens is 265 g/mol. The van der Waals surface area contributed by atoms with Crippen LogP contribution in [-0.2, 0) is 0 Å². The molecule has 0 aromatic carbocycles. The maximum atomic E-state index is 12.4. The van der Waals surface area contributed by atoms with Crippen molar-refractivity contribution < 1.29 is 13.2 Å². The van der Waals surface area contributed by atoms with Gasteiger partial charge in [-0.1, -0.05) is 19.1 Å². The Bertz CT molecular complexity index is 422. The molecule has 0 saturated carbocycles. The summed E-state index contributed by atoms with van der Waals surface area (Å²) in [6.07, 6.45) is -2.41. The van der Waals surface area contributed by atoms with Crippen molar-refractivity contribution in [2.75, 3.05) is 18.0 Å². The first-order valence-corrected chi connectivity index (χ1v) is 5.69. The Hall–Kier alpha value is -1.44. The molecule has 18 heavy (non-hydrogen) atoms. The van der Waals surface area contributed by atoms with Crippen molar-refractivity contribution in [3.63, 3.8) is 0 Å². The lowest BCUT2D eigenvalue weighted by Crippen LogP contribution is -2.36. The van der Waals surface area contributed by atoms with Crippen LogP contribution in [0.25, 0.3) is 0 Å². The number of rotatable bonds is 5. The number of hydrogen-bond acceptors (Lipinski definition) is 4. The van der Waals surface area contributed by atoms with Crippen LogP contribution < -0.4 is 10.6 Å². The Labute approximate surface area is 108 Å². The van der Waals surface area contributed by atoms with Crippen LogP contribution in [0.3, 0.4) is 0 Å². The summed E-state index contributed by atoms with van der Waals surface area (Å²) in [5, 5.41) is 0. The van der Waals surface area contributed by atoms with Crippen molar-refractivity contribution in [1.82, 2.24) is 9.97 Å². The van der Waals surface area contributed by atoms with Gasteiger partial charge >= 0.3 is 6.18 Å². The Morgan fingerprint density at radius 2 is 2.17 bits per heavy atom. The van der Waals surface area contributed by atoms with E-state index in [-0.39, 0.29) is 23.2 Å². The predicted octanol–water partition coefficient (Wildman–Crippen LogP) is 1.89. The highest BCUT2D eigenvalue weighted by Gasteiger charge is 2.31. The average Bonchev–Trinajstić information content (AvgIpc) is 2.27. The second kappa shape index (κ2) is 5.94. The standard InChI is InChI=1S/C10H13F3N4S/c1-2-5-17(6-10(11,12)13)9-15-4-3-7(16-9)8(14)18/h3-4H,2,5-6H2,1H3,(H2,14,18). The van der Waals surface area contributed by atoms with Crippen LogP contribution in [0.2, 0.25) is 0 Å². The Morgan fingerprint density at radius 1 is 1.50 bits per heavy atom. The molecule has 1 rings (SSSR count). The summed E-state index contributed by atoms with van der Waals surface area (Å²) in [5.41, 5.74) is 5.65. The van der Waals surface area contributed by atoms with E-state index in [9.17, 15) is 13.2 Å². The quantitative estimate of drug-likeness (QED) is 0.834. The molecule has 1 aromatic rings. The molecule has 0 aliphatic heterocycles. The monoisotopic (exact) mass is 278 g/mol. The van der Waals surface area contributed by atoms with Gasteiger partial charge in [-0.3, -0.25) is 0 Å². The lowest BCUT2D eigenvalue weighted by molar-refractivity contribution is -0.119. The minimum Gasteiger partial charge on any atom is -0.388 e. The van der Waals surface area contributed by atoms with Crippen molar-refractivity contribution >= 4 is 23.2 Å². The molecular formula is C10H13F3N4S. The Morgan fingerprint density at radius 3 is 2.67 bits per heavy atom. The van der Waals surface area contributed by atoms with E-state index >= 15 is 0 Å². The van der Waals surface area contributed by atoms with E-state index in [1.807, 2.05) is 0 Å². The van der Waals surface area contributed by atoms with Gasteiger partial charge in [0.25, 0.3) is 0 Å². The molecule has 0 spiro atoms. The van der Waals surface area contributed by atoms with Gasteiger partial charge in [0.1, 0.15) is 17.2 Å². The summed E-state index contributed by atoms with van der Waals surface area (Å²) in [6, 6.07) is 1.46. The molecule has 0 aliphatic rings. The topological polar surface area (TPSA) is 55.0 Å². The molecule has 1 heterocycles. The van der Waals surface area contributed by atoms with Gasteiger partial charge in [-0.15, -0.1) is 0 Å². The van der Waals surface area contributed by atoms with Crippen LogP contribution >= 0.6 is 12.2 Å². The van der Waals surface area contributed by atoms with Gasteiger partial charge in [0.2, 0.25) is 5.95 Å². The van der Waals surface area contributed by atoms with Crippen LogP contribution in [0.15, 0.2) is 12.3 Å². The number of nitrogens with zero attached hydrogens (tertiary/aromatic N) is 3. The van der Waals surface area contributed by atoms with Crippen LogP contribution in [-0.4, -0.2) is 34.2 Å². The van der Waals surface area contributed by atoms with Crippen LogP contribution in [0.5, 0.6) is 0 Å². The van der Waals surface area contributed by atoms with Crippen molar-refractivity contribution in [3.05, 3.63) is 18.0 Å². The average molecular weight is 278 g/mol. The predicted molar refractivity (Wildman–Crippen MR) is 66.5 cm³/mol. The summed E-state index contributed by atoms with van der Waals surface area (Å²) in [4.78, 5) is 8.84. The largest absolute Gasteiger partial charge is 0.406 e. The summed E-state index contributed by atoms with van der Waals surface area (Å²) < 4.78 is 37.3. The normalized spacial score (nSPS) is 11.3. The molecule has 8 heteroatoms. The molecule has 0 radical (unpaired) electrons. The fourth-order valence-electron chi connectivity index (χ4n) is 1.37. The molecule has 0 atom stereocenters. The first-order valence-electron chi connectivity index (χ1n) is 5.28.